The monoisotopic (exact) mass is 519 g/mol. The number of amides is 2. The number of carbonyl (C=O) groups excluding carboxylic acids is 1. The van der Waals surface area contributed by atoms with Gasteiger partial charge in [0.2, 0.25) is 0 Å². The van der Waals surface area contributed by atoms with Gasteiger partial charge < -0.3 is 20.1 Å². The van der Waals surface area contributed by atoms with Gasteiger partial charge in [0.25, 0.3) is 0 Å². The first-order valence-corrected chi connectivity index (χ1v) is 13.1. The number of anilines is 1. The fourth-order valence-corrected chi connectivity index (χ4v) is 5.20. The predicted octanol–water partition coefficient (Wildman–Crippen LogP) is 5.41. The Kier molecular flexibility index (Phi) is 6.69. The maximum Gasteiger partial charge on any atom is 0.319 e. The second-order valence-corrected chi connectivity index (χ2v) is 10.2. The zero-order valence-corrected chi connectivity index (χ0v) is 20.9. The molecule has 37 heavy (non-hydrogen) atoms. The lowest BCUT2D eigenvalue weighted by Gasteiger charge is -2.26. The van der Waals surface area contributed by atoms with Crippen LogP contribution in [0.2, 0.25) is 0 Å². The van der Waals surface area contributed by atoms with Crippen molar-refractivity contribution in [3.8, 4) is 22.1 Å². The molecule has 2 N–H and O–H groups in total. The van der Waals surface area contributed by atoms with Crippen molar-refractivity contribution in [1.29, 1.82) is 0 Å². The van der Waals surface area contributed by atoms with E-state index >= 15 is 0 Å². The molecule has 1 aliphatic heterocycles. The summed E-state index contributed by atoms with van der Waals surface area (Å²) >= 11 is 1.50. The van der Waals surface area contributed by atoms with Crippen LogP contribution in [0.5, 0.6) is 11.5 Å². The van der Waals surface area contributed by atoms with Gasteiger partial charge in [-0.25, -0.2) is 9.18 Å². The molecule has 4 heterocycles. The normalized spacial score (nSPS) is 16.0. The number of morpholine rings is 1. The van der Waals surface area contributed by atoms with E-state index in [-0.39, 0.29) is 17.8 Å². The third-order valence-electron chi connectivity index (χ3n) is 6.29. The molecule has 0 radical (unpaired) electrons. The van der Waals surface area contributed by atoms with Gasteiger partial charge in [-0.15, -0.1) is 11.3 Å². The molecule has 10 heteroatoms. The number of carbonyl (C=O) groups is 1. The smallest absolute Gasteiger partial charge is 0.319 e. The Morgan fingerprint density at radius 1 is 1.11 bits per heavy atom. The molecule has 0 atom stereocenters. The second-order valence-electron chi connectivity index (χ2n) is 9.19. The van der Waals surface area contributed by atoms with Crippen molar-refractivity contribution in [3.05, 3.63) is 66.2 Å². The number of hydrogen-bond acceptors (Lipinski definition) is 7. The van der Waals surface area contributed by atoms with E-state index in [2.05, 4.69) is 31.6 Å². The maximum atomic E-state index is 14.8. The highest BCUT2D eigenvalue weighted by Crippen LogP contribution is 2.39. The van der Waals surface area contributed by atoms with Crippen LogP contribution in [0, 0.1) is 5.82 Å². The van der Waals surface area contributed by atoms with Crippen LogP contribution in [0.1, 0.15) is 18.4 Å². The number of benzene rings is 1. The average Bonchev–Trinajstić information content (AvgIpc) is 3.60. The fraction of sp³-hybridized carbons (Fsp3) is 0.296. The largest absolute Gasteiger partial charge is 0.453 e. The first kappa shape index (κ1) is 23.8. The standard InChI is InChI=1S/C27H26FN5O3S/c28-20-13-19(32-27(34)31-18-2-3-18)4-6-23(20)36-24-7-8-29-22-14-25(37-26(22)24)21-5-1-17(15-30-21)16-33-9-11-35-12-10-33/h1,4-8,13-15,18H,2-3,9-12,16H2,(H2,31,32,34). The number of nitrogens with zero attached hydrogens (tertiary/aromatic N) is 3. The van der Waals surface area contributed by atoms with E-state index in [0.29, 0.717) is 11.4 Å². The Morgan fingerprint density at radius 2 is 1.97 bits per heavy atom. The van der Waals surface area contributed by atoms with Crippen LogP contribution in [0.25, 0.3) is 20.8 Å². The van der Waals surface area contributed by atoms with Crippen molar-refractivity contribution in [1.82, 2.24) is 20.2 Å². The summed E-state index contributed by atoms with van der Waals surface area (Å²) in [6.45, 7) is 4.26. The van der Waals surface area contributed by atoms with Crippen LogP contribution < -0.4 is 15.4 Å². The van der Waals surface area contributed by atoms with Gasteiger partial charge in [0.05, 0.1) is 34.0 Å². The van der Waals surface area contributed by atoms with Crippen LogP contribution in [0.15, 0.2) is 54.9 Å². The molecule has 0 unspecified atom stereocenters. The number of ether oxygens (including phenoxy) is 2. The van der Waals surface area contributed by atoms with Crippen molar-refractivity contribution in [2.45, 2.75) is 25.4 Å². The number of hydrogen-bond donors (Lipinski definition) is 2. The summed E-state index contributed by atoms with van der Waals surface area (Å²) < 4.78 is 27.0. The van der Waals surface area contributed by atoms with Gasteiger partial charge in [-0.1, -0.05) is 6.07 Å². The van der Waals surface area contributed by atoms with E-state index in [1.807, 2.05) is 18.3 Å². The van der Waals surface area contributed by atoms with Crippen molar-refractivity contribution >= 4 is 33.3 Å². The third kappa shape index (κ3) is 5.71. The molecule has 2 aliphatic rings. The summed E-state index contributed by atoms with van der Waals surface area (Å²) in [6.07, 6.45) is 5.52. The Morgan fingerprint density at radius 3 is 2.73 bits per heavy atom. The average molecular weight is 520 g/mol. The van der Waals surface area contributed by atoms with Crippen LogP contribution in [0.4, 0.5) is 14.9 Å². The SMILES string of the molecule is O=C(Nc1ccc(Oc2ccnc3cc(-c4ccc(CN5CCOCC5)cn4)sc23)c(F)c1)NC1CC1. The fourth-order valence-electron chi connectivity index (χ4n) is 4.16. The number of aromatic nitrogens is 2. The van der Waals surface area contributed by atoms with Crippen LogP contribution in [-0.4, -0.2) is 53.2 Å². The number of fused-ring (bicyclic) bond motifs is 1. The molecule has 0 spiro atoms. The van der Waals surface area contributed by atoms with Crippen LogP contribution in [0.3, 0.4) is 0 Å². The molecular weight excluding hydrogens is 493 g/mol. The number of thiophene rings is 1. The van der Waals surface area contributed by atoms with Crippen LogP contribution >= 0.6 is 11.3 Å². The Balaban J connectivity index is 1.17. The van der Waals surface area contributed by atoms with Gasteiger partial charge in [0, 0.05) is 55.9 Å². The molecule has 6 rings (SSSR count). The number of rotatable bonds is 7. The summed E-state index contributed by atoms with van der Waals surface area (Å²) in [7, 11) is 0. The number of nitrogens with one attached hydrogen (secondary N) is 2. The zero-order chi connectivity index (χ0) is 25.2. The van der Waals surface area contributed by atoms with E-state index in [0.717, 1.165) is 72.0 Å². The molecular formula is C27H26FN5O3S. The van der Waals surface area contributed by atoms with Crippen molar-refractivity contribution in [2.75, 3.05) is 31.6 Å². The molecule has 2 amide bonds. The van der Waals surface area contributed by atoms with Gasteiger partial charge >= 0.3 is 6.03 Å². The van der Waals surface area contributed by atoms with Gasteiger partial charge in [-0.2, -0.15) is 0 Å². The van der Waals surface area contributed by atoms with Gasteiger partial charge in [0.1, 0.15) is 5.75 Å². The second kappa shape index (κ2) is 10.4. The topological polar surface area (TPSA) is 88.6 Å². The lowest BCUT2D eigenvalue weighted by Crippen LogP contribution is -2.35. The Bertz CT molecular complexity index is 1420. The van der Waals surface area contributed by atoms with Crippen LogP contribution in [-0.2, 0) is 11.3 Å². The maximum absolute atomic E-state index is 14.8. The van der Waals surface area contributed by atoms with Crippen molar-refractivity contribution < 1.29 is 18.7 Å². The van der Waals surface area contributed by atoms with E-state index < -0.39 is 5.82 Å². The van der Waals surface area contributed by atoms with Gasteiger partial charge in [0.15, 0.2) is 11.6 Å². The highest BCUT2D eigenvalue weighted by Gasteiger charge is 2.23. The predicted molar refractivity (Wildman–Crippen MR) is 141 cm³/mol. The molecule has 3 aromatic heterocycles. The molecule has 0 bridgehead atoms. The minimum absolute atomic E-state index is 0.0705. The van der Waals surface area contributed by atoms with E-state index in [4.69, 9.17) is 9.47 Å². The molecule has 1 aliphatic carbocycles. The zero-order valence-electron chi connectivity index (χ0n) is 20.1. The summed E-state index contributed by atoms with van der Waals surface area (Å²) in [5, 5.41) is 5.47. The first-order chi connectivity index (χ1) is 18.1. The Hall–Kier alpha value is -3.60. The third-order valence-corrected chi connectivity index (χ3v) is 7.45. The summed E-state index contributed by atoms with van der Waals surface area (Å²) in [5.74, 6) is 0.0148. The molecule has 4 aromatic rings. The molecule has 190 valence electrons. The van der Waals surface area contributed by atoms with E-state index in [9.17, 15) is 9.18 Å². The minimum atomic E-state index is -0.566. The molecule has 1 saturated carbocycles. The molecule has 1 saturated heterocycles. The van der Waals surface area contributed by atoms with E-state index in [1.165, 1.54) is 23.5 Å². The highest BCUT2D eigenvalue weighted by atomic mass is 32.1. The summed E-state index contributed by atoms with van der Waals surface area (Å²) in [4.78, 5) is 24.4. The van der Waals surface area contributed by atoms with Gasteiger partial charge in [-0.3, -0.25) is 14.9 Å². The number of urea groups is 1. The summed E-state index contributed by atoms with van der Waals surface area (Å²) in [5.41, 5.74) is 3.13. The molecule has 2 fully saturated rings. The van der Waals surface area contributed by atoms with E-state index in [1.54, 1.807) is 18.3 Å². The molecule has 8 nitrogen and oxygen atoms in total. The lowest BCUT2D eigenvalue weighted by molar-refractivity contribution is 0.0341. The first-order valence-electron chi connectivity index (χ1n) is 12.3. The van der Waals surface area contributed by atoms with Crippen molar-refractivity contribution in [3.63, 3.8) is 0 Å². The number of halogens is 1. The summed E-state index contributed by atoms with van der Waals surface area (Å²) in [6, 6.07) is 12.1. The van der Waals surface area contributed by atoms with Crippen molar-refractivity contribution in [2.24, 2.45) is 0 Å². The lowest BCUT2D eigenvalue weighted by atomic mass is 10.2. The molecule has 1 aromatic carbocycles. The quantitative estimate of drug-likeness (QED) is 0.340. The number of pyridine rings is 2. The minimum Gasteiger partial charge on any atom is -0.453 e. The van der Waals surface area contributed by atoms with Gasteiger partial charge in [-0.05, 0) is 42.7 Å². The highest BCUT2D eigenvalue weighted by molar-refractivity contribution is 7.22. The Labute approximate surface area is 217 Å².